The Morgan fingerprint density at radius 1 is 1.17 bits per heavy atom. The monoisotopic (exact) mass is 484 g/mol. The van der Waals surface area contributed by atoms with Crippen LogP contribution in [0.15, 0.2) is 24.3 Å². The number of nitrogens with one attached hydrogen (secondary N) is 1. The van der Waals surface area contributed by atoms with Gasteiger partial charge in [-0.05, 0) is 42.2 Å². The molecular weight excluding hydrogens is 455 g/mol. The van der Waals surface area contributed by atoms with Gasteiger partial charge in [0.15, 0.2) is 6.73 Å². The largest absolute Gasteiger partial charge is 0.493 e. The van der Waals surface area contributed by atoms with Crippen LogP contribution in [0.25, 0.3) is 0 Å². The van der Waals surface area contributed by atoms with Crippen molar-refractivity contribution in [3.63, 3.8) is 0 Å². The lowest BCUT2D eigenvalue weighted by Gasteiger charge is -2.37. The minimum absolute atomic E-state index is 0.0209. The van der Waals surface area contributed by atoms with Crippen molar-refractivity contribution in [1.29, 1.82) is 0 Å². The third-order valence-electron chi connectivity index (χ3n) is 6.74. The van der Waals surface area contributed by atoms with E-state index in [2.05, 4.69) is 5.32 Å². The highest BCUT2D eigenvalue weighted by atomic mass is 19.1. The summed E-state index contributed by atoms with van der Waals surface area (Å²) in [6.45, 7) is 2.66. The van der Waals surface area contributed by atoms with Crippen LogP contribution in [0.2, 0.25) is 0 Å². The lowest BCUT2D eigenvalue weighted by atomic mass is 9.94. The predicted octanol–water partition coefficient (Wildman–Crippen LogP) is 2.70. The molecule has 1 saturated heterocycles. The van der Waals surface area contributed by atoms with Gasteiger partial charge < -0.3 is 29.2 Å². The van der Waals surface area contributed by atoms with Gasteiger partial charge in [-0.2, -0.15) is 0 Å². The second-order valence-electron chi connectivity index (χ2n) is 8.95. The second kappa shape index (κ2) is 10.2. The van der Waals surface area contributed by atoms with Gasteiger partial charge in [0.1, 0.15) is 17.3 Å². The van der Waals surface area contributed by atoms with E-state index in [1.165, 1.54) is 19.2 Å². The summed E-state index contributed by atoms with van der Waals surface area (Å²) in [6, 6.07) is 6.47. The first kappa shape index (κ1) is 23.6. The molecule has 2 aromatic carbocycles. The first-order valence-corrected chi connectivity index (χ1v) is 12.0. The minimum atomic E-state index is -0.599. The molecule has 1 N–H and O–H groups in total. The van der Waals surface area contributed by atoms with Gasteiger partial charge in [0.05, 0.1) is 24.3 Å². The van der Waals surface area contributed by atoms with E-state index in [4.69, 9.17) is 18.9 Å². The first-order chi connectivity index (χ1) is 17.1. The van der Waals surface area contributed by atoms with Gasteiger partial charge in [0.25, 0.3) is 11.8 Å². The van der Waals surface area contributed by atoms with Crippen molar-refractivity contribution in [2.45, 2.75) is 31.7 Å². The zero-order valence-electron chi connectivity index (χ0n) is 19.7. The molecule has 3 heterocycles. The van der Waals surface area contributed by atoms with E-state index in [9.17, 15) is 14.0 Å². The van der Waals surface area contributed by atoms with Crippen molar-refractivity contribution < 1.29 is 32.9 Å². The minimum Gasteiger partial charge on any atom is -0.493 e. The highest BCUT2D eigenvalue weighted by Gasteiger charge is 2.36. The molecule has 0 saturated carbocycles. The summed E-state index contributed by atoms with van der Waals surface area (Å²) in [5.41, 5.74) is 2.88. The smallest absolute Gasteiger partial charge is 0.260 e. The Bertz CT molecular complexity index is 1130. The molecule has 9 heteroatoms. The molecule has 2 aromatic rings. The molecule has 0 radical (unpaired) electrons. The van der Waals surface area contributed by atoms with Gasteiger partial charge in [-0.1, -0.05) is 6.07 Å². The molecule has 0 spiro atoms. The number of ether oxygens (including phenoxy) is 4. The number of benzene rings is 2. The fourth-order valence-corrected chi connectivity index (χ4v) is 4.93. The summed E-state index contributed by atoms with van der Waals surface area (Å²) in [7, 11) is 1.53. The summed E-state index contributed by atoms with van der Waals surface area (Å²) in [5.74, 6) is 0.170. The van der Waals surface area contributed by atoms with Crippen LogP contribution in [0.1, 0.15) is 50.2 Å². The number of amides is 2. The molecule has 0 aliphatic carbocycles. The lowest BCUT2D eigenvalue weighted by molar-refractivity contribution is 0.00174. The van der Waals surface area contributed by atoms with E-state index in [0.29, 0.717) is 68.4 Å². The van der Waals surface area contributed by atoms with Crippen LogP contribution in [0.3, 0.4) is 0 Å². The average Bonchev–Trinajstić information content (AvgIpc) is 3.36. The molecule has 5 rings (SSSR count). The number of hydrogen-bond acceptors (Lipinski definition) is 6. The third kappa shape index (κ3) is 4.70. The summed E-state index contributed by atoms with van der Waals surface area (Å²) < 4.78 is 37.1. The number of nitrogens with zero attached hydrogens (tertiary/aromatic N) is 1. The third-order valence-corrected chi connectivity index (χ3v) is 6.74. The van der Waals surface area contributed by atoms with Crippen LogP contribution in [0, 0.1) is 5.82 Å². The van der Waals surface area contributed by atoms with Crippen LogP contribution < -0.4 is 14.8 Å². The second-order valence-corrected chi connectivity index (χ2v) is 8.95. The number of methoxy groups -OCH3 is 1. The van der Waals surface area contributed by atoms with Crippen molar-refractivity contribution in [1.82, 2.24) is 10.2 Å². The van der Waals surface area contributed by atoms with E-state index in [-0.39, 0.29) is 24.2 Å². The fraction of sp³-hybridized carbons (Fsp3) is 0.462. The van der Waals surface area contributed by atoms with Crippen molar-refractivity contribution in [3.8, 4) is 11.5 Å². The Kier molecular flexibility index (Phi) is 6.88. The van der Waals surface area contributed by atoms with E-state index in [1.807, 2.05) is 6.07 Å². The molecule has 2 amide bonds. The molecule has 3 aliphatic rings. The van der Waals surface area contributed by atoms with E-state index < -0.39 is 11.7 Å². The first-order valence-electron chi connectivity index (χ1n) is 12.0. The number of carbonyl (C=O) groups is 2. The number of rotatable bonds is 7. The van der Waals surface area contributed by atoms with Crippen LogP contribution in [0.4, 0.5) is 4.39 Å². The Labute approximate surface area is 203 Å². The average molecular weight is 485 g/mol. The van der Waals surface area contributed by atoms with E-state index in [0.717, 1.165) is 24.0 Å². The molecule has 0 unspecified atom stereocenters. The highest BCUT2D eigenvalue weighted by molar-refractivity contribution is 5.99. The quantitative estimate of drug-likeness (QED) is 0.609. The summed E-state index contributed by atoms with van der Waals surface area (Å²) in [6.07, 6.45) is 2.60. The summed E-state index contributed by atoms with van der Waals surface area (Å²) in [5, 5.41) is 2.63. The van der Waals surface area contributed by atoms with Gasteiger partial charge >= 0.3 is 0 Å². The Morgan fingerprint density at radius 2 is 2.00 bits per heavy atom. The molecule has 35 heavy (non-hydrogen) atoms. The Balaban J connectivity index is 1.40. The molecule has 1 fully saturated rings. The summed E-state index contributed by atoms with van der Waals surface area (Å²) in [4.78, 5) is 27.5. The van der Waals surface area contributed by atoms with Gasteiger partial charge in [0.2, 0.25) is 0 Å². The highest BCUT2D eigenvalue weighted by Crippen LogP contribution is 2.43. The number of halogens is 1. The van der Waals surface area contributed by atoms with Crippen LogP contribution in [0.5, 0.6) is 11.5 Å². The normalized spacial score (nSPS) is 17.4. The van der Waals surface area contributed by atoms with Crippen LogP contribution in [-0.2, 0) is 22.3 Å². The maximum Gasteiger partial charge on any atom is 0.260 e. The Morgan fingerprint density at radius 3 is 2.77 bits per heavy atom. The topological polar surface area (TPSA) is 86.3 Å². The standard InChI is InChI=1S/C26H29FN2O6/c1-32-11-7-28-25(30)19-3-2-16(13-22(19)27)12-17-14-21-24(20-6-10-34-23(17)20)35-15-29(26(21)31)18-4-8-33-9-5-18/h2-3,13-14,18H,4-12,15H2,1H3,(H,28,30). The number of hydrogen-bond donors (Lipinski definition) is 1. The van der Waals surface area contributed by atoms with Gasteiger partial charge in [-0.3, -0.25) is 9.59 Å². The number of fused-ring (bicyclic) bond motifs is 3. The van der Waals surface area contributed by atoms with Crippen molar-refractivity contribution >= 4 is 11.8 Å². The molecule has 8 nitrogen and oxygen atoms in total. The zero-order chi connectivity index (χ0) is 24.4. The van der Waals surface area contributed by atoms with Crippen molar-refractivity contribution in [3.05, 3.63) is 57.9 Å². The zero-order valence-corrected chi connectivity index (χ0v) is 19.7. The van der Waals surface area contributed by atoms with Gasteiger partial charge in [-0.15, -0.1) is 0 Å². The van der Waals surface area contributed by atoms with E-state index in [1.54, 1.807) is 11.0 Å². The maximum absolute atomic E-state index is 14.8. The number of carbonyl (C=O) groups excluding carboxylic acids is 2. The van der Waals surface area contributed by atoms with Crippen LogP contribution in [-0.4, -0.2) is 69.6 Å². The molecule has 3 aliphatic heterocycles. The van der Waals surface area contributed by atoms with Crippen LogP contribution >= 0.6 is 0 Å². The lowest BCUT2D eigenvalue weighted by Crippen LogP contribution is -2.47. The SMILES string of the molecule is COCCNC(=O)c1ccc(Cc2cc3c(c4c2OCC4)OCN(C2CCOCC2)C3=O)cc1F. The Hall–Kier alpha value is -3.17. The van der Waals surface area contributed by atoms with Gasteiger partial charge in [0, 0.05) is 51.3 Å². The van der Waals surface area contributed by atoms with Crippen molar-refractivity contribution in [2.24, 2.45) is 0 Å². The van der Waals surface area contributed by atoms with Gasteiger partial charge in [-0.25, -0.2) is 4.39 Å². The summed E-state index contributed by atoms with van der Waals surface area (Å²) >= 11 is 0. The molecule has 0 bridgehead atoms. The predicted molar refractivity (Wildman–Crippen MR) is 125 cm³/mol. The molecular formula is C26H29FN2O6. The molecule has 186 valence electrons. The molecule has 0 aromatic heterocycles. The van der Waals surface area contributed by atoms with E-state index >= 15 is 0 Å². The fourth-order valence-electron chi connectivity index (χ4n) is 4.93. The van der Waals surface area contributed by atoms with Crippen molar-refractivity contribution in [2.75, 3.05) is 46.8 Å². The maximum atomic E-state index is 14.8. The molecule has 0 atom stereocenters.